The molecule has 0 aliphatic rings. The summed E-state index contributed by atoms with van der Waals surface area (Å²) in [5.74, 6) is 0. The van der Waals surface area contributed by atoms with Crippen LogP contribution in [0, 0.1) is 0 Å². The van der Waals surface area contributed by atoms with Crippen LogP contribution in [0.2, 0.25) is 3.93 Å². The number of hydrogen-bond acceptors (Lipinski definition) is 0. The van der Waals surface area contributed by atoms with E-state index in [0.29, 0.717) is 26.1 Å². The fraction of sp³-hybridized carbons (Fsp3) is 1.00. The number of alkyl halides is 2. The molecule has 0 fully saturated rings. The Kier molecular flexibility index (Phi) is 3.48. The molecule has 0 N–H and O–H groups in total. The quantitative estimate of drug-likeness (QED) is 0.626. The zero-order valence-corrected chi connectivity index (χ0v) is 8.25. The summed E-state index contributed by atoms with van der Waals surface area (Å²) in [6.07, 6.45) is -2.03. The summed E-state index contributed by atoms with van der Waals surface area (Å²) < 4.78 is 21.8. The Bertz CT molecular complexity index is 21.6. The van der Waals surface area contributed by atoms with E-state index in [0.717, 1.165) is 0 Å². The van der Waals surface area contributed by atoms with Crippen LogP contribution in [0.4, 0.5) is 8.78 Å². The average molecular weight is 266 g/mol. The van der Waals surface area contributed by atoms with Gasteiger partial charge in [-0.3, -0.25) is 0 Å². The second-order valence-electron chi connectivity index (χ2n) is 0.680. The second-order valence-corrected chi connectivity index (χ2v) is 2.92. The third-order valence-corrected chi connectivity index (χ3v) is 1.91. The molecule has 0 saturated carbocycles. The van der Waals surface area contributed by atoms with Crippen molar-refractivity contribution in [1.29, 1.82) is 0 Å². The first-order valence-corrected chi connectivity index (χ1v) is 5.23. The Morgan fingerprint density at radius 2 is 1.80 bits per heavy atom. The Labute approximate surface area is 45.5 Å². The molecule has 0 nitrogen and oxygen atoms in total. The fourth-order valence-corrected chi connectivity index (χ4v) is 0. The van der Waals surface area contributed by atoms with Crippen molar-refractivity contribution in [2.75, 3.05) is 0 Å². The van der Waals surface area contributed by atoms with Gasteiger partial charge in [-0.1, -0.05) is 0 Å². The van der Waals surface area contributed by atoms with Crippen LogP contribution < -0.4 is 0 Å². The van der Waals surface area contributed by atoms with Crippen LogP contribution in [0.25, 0.3) is 0 Å². The summed E-state index contributed by atoms with van der Waals surface area (Å²) in [5.41, 5.74) is 0. The summed E-state index contributed by atoms with van der Waals surface area (Å²) in [5, 5.41) is 0. The van der Waals surface area contributed by atoms with Crippen molar-refractivity contribution < 1.29 is 34.9 Å². The van der Waals surface area contributed by atoms with E-state index in [4.69, 9.17) is 0 Å². The Hall–Kier alpha value is 0.795. The molecule has 0 aromatic carbocycles. The topological polar surface area (TPSA) is 0 Å². The third kappa shape index (κ3) is 4.80. The predicted molar refractivity (Wildman–Crippen MR) is 10.8 cm³/mol. The van der Waals surface area contributed by atoms with Crippen LogP contribution in [-0.2, 0) is 26.1 Å². The number of hydrogen-bond donors (Lipinski definition) is 0. The molecule has 0 saturated heterocycles. The van der Waals surface area contributed by atoms with E-state index in [-0.39, 0.29) is 3.93 Å². The van der Waals surface area contributed by atoms with Crippen molar-refractivity contribution in [2.24, 2.45) is 0 Å². The van der Waals surface area contributed by atoms with Gasteiger partial charge in [0.2, 0.25) is 0 Å². The predicted octanol–water partition coefficient (Wildman–Crippen LogP) is 1.22. The van der Waals surface area contributed by atoms with E-state index in [1.54, 1.807) is 0 Å². The minimum atomic E-state index is -2.03. The van der Waals surface area contributed by atoms with Gasteiger partial charge in [-0.05, 0) is 0 Å². The summed E-state index contributed by atoms with van der Waals surface area (Å²) in [4.78, 5) is 0. The molecule has 3 heteroatoms. The van der Waals surface area contributed by atoms with Crippen LogP contribution in [-0.4, -0.2) is 6.43 Å². The van der Waals surface area contributed by atoms with Crippen LogP contribution in [0.5, 0.6) is 0 Å². The van der Waals surface area contributed by atoms with E-state index < -0.39 is 6.43 Å². The van der Waals surface area contributed by atoms with Crippen molar-refractivity contribution in [1.82, 2.24) is 0 Å². The van der Waals surface area contributed by atoms with E-state index in [1.165, 1.54) is 0 Å². The van der Waals surface area contributed by atoms with Gasteiger partial charge in [-0.2, -0.15) is 0 Å². The third-order valence-electron chi connectivity index (χ3n) is 0.218. The van der Waals surface area contributed by atoms with E-state index in [1.807, 2.05) is 0 Å². The molecule has 0 bridgehead atoms. The molecule has 27 valence electrons. The molecule has 0 rings (SSSR count). The molecule has 0 aromatic heterocycles. The SMILES string of the molecule is FC(F)[CH2][Hg]. The monoisotopic (exact) mass is 267 g/mol. The zero-order valence-electron chi connectivity index (χ0n) is 2.75. The molecule has 0 heterocycles. The van der Waals surface area contributed by atoms with Crippen LogP contribution >= 0.6 is 0 Å². The van der Waals surface area contributed by atoms with Gasteiger partial charge < -0.3 is 0 Å². The normalized spacial score (nSPS) is 9.80. The standard InChI is InChI=1S/C2H3F2.Hg/c1-2(3)4;/h2H,1H2;. The van der Waals surface area contributed by atoms with Crippen molar-refractivity contribution in [3.63, 3.8) is 0 Å². The molecule has 0 atom stereocenters. The van der Waals surface area contributed by atoms with Gasteiger partial charge in [0.25, 0.3) is 0 Å². The van der Waals surface area contributed by atoms with Gasteiger partial charge in [-0.25, -0.2) is 0 Å². The Balaban J connectivity index is 2.54. The van der Waals surface area contributed by atoms with Crippen LogP contribution in [0.3, 0.4) is 0 Å². The molecule has 0 aliphatic heterocycles. The molecule has 0 aromatic rings. The Morgan fingerprint density at radius 3 is 1.80 bits per heavy atom. The van der Waals surface area contributed by atoms with Crippen molar-refractivity contribution in [2.45, 2.75) is 10.4 Å². The minimum absolute atomic E-state index is 0.167. The van der Waals surface area contributed by atoms with Crippen LogP contribution in [0.1, 0.15) is 0 Å². The number of halogens is 2. The maximum absolute atomic E-state index is 10.8. The molecule has 0 radical (unpaired) electrons. The molecular formula is C2H3F2Hg. The van der Waals surface area contributed by atoms with Crippen molar-refractivity contribution in [3.8, 4) is 0 Å². The summed E-state index contributed by atoms with van der Waals surface area (Å²) in [6, 6.07) is 0. The van der Waals surface area contributed by atoms with E-state index >= 15 is 0 Å². The van der Waals surface area contributed by atoms with Gasteiger partial charge in [0.15, 0.2) is 0 Å². The van der Waals surface area contributed by atoms with E-state index in [9.17, 15) is 8.78 Å². The summed E-state index contributed by atoms with van der Waals surface area (Å²) in [7, 11) is 0. The van der Waals surface area contributed by atoms with Crippen molar-refractivity contribution in [3.05, 3.63) is 0 Å². The first-order valence-electron chi connectivity index (χ1n) is 1.34. The van der Waals surface area contributed by atoms with E-state index in [2.05, 4.69) is 0 Å². The van der Waals surface area contributed by atoms with Crippen molar-refractivity contribution >= 4 is 0 Å². The molecular weight excluding hydrogens is 263 g/mol. The van der Waals surface area contributed by atoms with Gasteiger partial charge in [0, 0.05) is 0 Å². The van der Waals surface area contributed by atoms with Gasteiger partial charge in [-0.15, -0.1) is 0 Å². The molecule has 0 spiro atoms. The average Bonchev–Trinajstić information content (AvgIpc) is 1.38. The summed E-state index contributed by atoms with van der Waals surface area (Å²) >= 11 is 0.293. The first kappa shape index (κ1) is 5.80. The molecule has 0 aliphatic carbocycles. The maximum atomic E-state index is 10.8. The zero-order chi connectivity index (χ0) is 4.28. The second kappa shape index (κ2) is 3.00. The summed E-state index contributed by atoms with van der Waals surface area (Å²) in [6.45, 7) is 0. The Morgan fingerprint density at radius 1 is 1.60 bits per heavy atom. The molecule has 5 heavy (non-hydrogen) atoms. The molecule has 0 unspecified atom stereocenters. The first-order chi connectivity index (χ1) is 2.27. The van der Waals surface area contributed by atoms with Crippen LogP contribution in [0.15, 0.2) is 0 Å². The fourth-order valence-electron chi connectivity index (χ4n) is 0. The molecule has 0 amide bonds. The number of rotatable bonds is 1. The van der Waals surface area contributed by atoms with Gasteiger partial charge >= 0.3 is 45.3 Å². The van der Waals surface area contributed by atoms with Gasteiger partial charge in [0.1, 0.15) is 0 Å². The van der Waals surface area contributed by atoms with Gasteiger partial charge in [0.05, 0.1) is 0 Å².